The highest BCUT2D eigenvalue weighted by atomic mass is 19.2. The molecule has 8 heteroatoms. The standard InChI is InChI=1S/C32H32F6O2/c1-3-5-18-40-26-16-14-22(28(34)32(26)38)20-9-6-19(7-10-20)8-11-21-12-13-23(29(35)27(21)33)24-15-17-25(39-4-2)31(37)30(24)36/h9,12-17,19H,3-8,10-11,18H2,1-2H3. The SMILES string of the molecule is CCCCOc1ccc(C2=CCC(CCc3ccc(-c4ccc(OCC)c(F)c4F)c(F)c3F)CC2)c(F)c1F. The average Bonchev–Trinajstić information content (AvgIpc) is 2.95. The molecule has 40 heavy (non-hydrogen) atoms. The van der Waals surface area contributed by atoms with Crippen LogP contribution in [0.1, 0.15) is 63.5 Å². The lowest BCUT2D eigenvalue weighted by atomic mass is 9.83. The van der Waals surface area contributed by atoms with Crippen molar-refractivity contribution < 1.29 is 35.8 Å². The second-order valence-electron chi connectivity index (χ2n) is 9.92. The van der Waals surface area contributed by atoms with Crippen molar-refractivity contribution in [3.63, 3.8) is 0 Å². The van der Waals surface area contributed by atoms with Crippen LogP contribution >= 0.6 is 0 Å². The molecule has 0 aliphatic heterocycles. The number of aryl methyl sites for hydroxylation is 1. The van der Waals surface area contributed by atoms with Gasteiger partial charge < -0.3 is 9.47 Å². The minimum atomic E-state index is -1.31. The molecule has 0 heterocycles. The molecule has 0 radical (unpaired) electrons. The molecule has 0 saturated heterocycles. The first-order valence-electron chi connectivity index (χ1n) is 13.6. The van der Waals surface area contributed by atoms with E-state index in [0.717, 1.165) is 18.9 Å². The molecule has 0 spiro atoms. The van der Waals surface area contributed by atoms with Crippen molar-refractivity contribution in [3.05, 3.63) is 88.5 Å². The van der Waals surface area contributed by atoms with Gasteiger partial charge in [0, 0.05) is 16.7 Å². The maximum atomic E-state index is 14.9. The molecule has 0 amide bonds. The van der Waals surface area contributed by atoms with Crippen molar-refractivity contribution >= 4 is 5.57 Å². The van der Waals surface area contributed by atoms with E-state index in [1.54, 1.807) is 6.92 Å². The van der Waals surface area contributed by atoms with Crippen LogP contribution in [0.4, 0.5) is 26.3 Å². The third-order valence-corrected chi connectivity index (χ3v) is 7.29. The lowest BCUT2D eigenvalue weighted by molar-refractivity contribution is 0.288. The lowest BCUT2D eigenvalue weighted by Gasteiger charge is -2.23. The molecule has 1 atom stereocenters. The minimum absolute atomic E-state index is 0.0975. The Bertz CT molecular complexity index is 1380. The van der Waals surface area contributed by atoms with Crippen LogP contribution in [0.15, 0.2) is 42.5 Å². The number of rotatable bonds is 11. The van der Waals surface area contributed by atoms with Crippen LogP contribution in [0.3, 0.4) is 0 Å². The second kappa shape index (κ2) is 13.3. The van der Waals surface area contributed by atoms with E-state index in [9.17, 15) is 26.3 Å². The number of unbranched alkanes of at least 4 members (excludes halogenated alkanes) is 1. The lowest BCUT2D eigenvalue weighted by Crippen LogP contribution is -2.09. The van der Waals surface area contributed by atoms with E-state index < -0.39 is 40.5 Å². The molecule has 0 fully saturated rings. The number of halogens is 6. The van der Waals surface area contributed by atoms with Crippen molar-refractivity contribution in [3.8, 4) is 22.6 Å². The molecule has 4 rings (SSSR count). The minimum Gasteiger partial charge on any atom is -0.491 e. The summed E-state index contributed by atoms with van der Waals surface area (Å²) in [5.74, 6) is -7.09. The van der Waals surface area contributed by atoms with Crippen molar-refractivity contribution in [2.75, 3.05) is 13.2 Å². The van der Waals surface area contributed by atoms with E-state index >= 15 is 0 Å². The van der Waals surface area contributed by atoms with Gasteiger partial charge in [0.1, 0.15) is 0 Å². The molecule has 1 aliphatic rings. The maximum Gasteiger partial charge on any atom is 0.201 e. The molecular formula is C32H32F6O2. The van der Waals surface area contributed by atoms with Gasteiger partial charge in [-0.2, -0.15) is 8.78 Å². The van der Waals surface area contributed by atoms with Crippen LogP contribution in [-0.4, -0.2) is 13.2 Å². The summed E-state index contributed by atoms with van der Waals surface area (Å²) in [6.07, 6.45) is 6.08. The molecule has 1 unspecified atom stereocenters. The summed E-state index contributed by atoms with van der Waals surface area (Å²) < 4.78 is 98.2. The Morgan fingerprint density at radius 1 is 0.700 bits per heavy atom. The molecular weight excluding hydrogens is 530 g/mol. The Balaban J connectivity index is 1.41. The van der Waals surface area contributed by atoms with Crippen molar-refractivity contribution in [1.29, 1.82) is 0 Å². The smallest absolute Gasteiger partial charge is 0.201 e. The zero-order valence-electron chi connectivity index (χ0n) is 22.6. The van der Waals surface area contributed by atoms with Gasteiger partial charge in [-0.15, -0.1) is 0 Å². The van der Waals surface area contributed by atoms with E-state index in [1.807, 2.05) is 13.0 Å². The monoisotopic (exact) mass is 562 g/mol. The number of hydrogen-bond acceptors (Lipinski definition) is 2. The first-order chi connectivity index (χ1) is 19.3. The number of ether oxygens (including phenoxy) is 2. The summed E-state index contributed by atoms with van der Waals surface area (Å²) >= 11 is 0. The van der Waals surface area contributed by atoms with Crippen LogP contribution in [-0.2, 0) is 6.42 Å². The fourth-order valence-electron chi connectivity index (χ4n) is 4.97. The van der Waals surface area contributed by atoms with Gasteiger partial charge in [-0.25, -0.2) is 17.6 Å². The highest BCUT2D eigenvalue weighted by Gasteiger charge is 2.24. The predicted molar refractivity (Wildman–Crippen MR) is 143 cm³/mol. The summed E-state index contributed by atoms with van der Waals surface area (Å²) in [4.78, 5) is 0. The molecule has 3 aromatic rings. The number of benzene rings is 3. The summed E-state index contributed by atoms with van der Waals surface area (Å²) in [6.45, 7) is 4.04. The maximum absolute atomic E-state index is 14.9. The van der Waals surface area contributed by atoms with Crippen LogP contribution in [0, 0.1) is 40.8 Å². The van der Waals surface area contributed by atoms with E-state index in [1.165, 1.54) is 30.3 Å². The van der Waals surface area contributed by atoms with Gasteiger partial charge in [-0.1, -0.05) is 31.6 Å². The Morgan fingerprint density at radius 2 is 1.30 bits per heavy atom. The summed E-state index contributed by atoms with van der Waals surface area (Å²) in [5, 5.41) is 0. The second-order valence-corrected chi connectivity index (χ2v) is 9.92. The molecule has 2 nitrogen and oxygen atoms in total. The van der Waals surface area contributed by atoms with Gasteiger partial charge in [-0.3, -0.25) is 0 Å². The third-order valence-electron chi connectivity index (χ3n) is 7.29. The molecule has 0 saturated carbocycles. The summed E-state index contributed by atoms with van der Waals surface area (Å²) in [6, 6.07) is 7.96. The average molecular weight is 563 g/mol. The van der Waals surface area contributed by atoms with E-state index in [2.05, 4.69) is 0 Å². The van der Waals surface area contributed by atoms with Crippen LogP contribution in [0.2, 0.25) is 0 Å². The topological polar surface area (TPSA) is 18.5 Å². The van der Waals surface area contributed by atoms with Gasteiger partial charge in [-0.05, 0) is 86.8 Å². The zero-order chi connectivity index (χ0) is 28.8. The summed E-state index contributed by atoms with van der Waals surface area (Å²) in [5.41, 5.74) is 0.286. The van der Waals surface area contributed by atoms with Gasteiger partial charge in [0.15, 0.2) is 34.8 Å². The van der Waals surface area contributed by atoms with Gasteiger partial charge in [0.2, 0.25) is 11.6 Å². The zero-order valence-corrected chi connectivity index (χ0v) is 22.6. The van der Waals surface area contributed by atoms with Crippen LogP contribution < -0.4 is 9.47 Å². The van der Waals surface area contributed by atoms with Gasteiger partial charge in [0.05, 0.1) is 13.2 Å². The normalized spacial score (nSPS) is 15.2. The van der Waals surface area contributed by atoms with Gasteiger partial charge in [0.25, 0.3) is 0 Å². The Labute approximate surface area is 230 Å². The Hall–Kier alpha value is -3.42. The molecule has 0 aromatic heterocycles. The van der Waals surface area contributed by atoms with E-state index in [-0.39, 0.29) is 47.1 Å². The van der Waals surface area contributed by atoms with E-state index in [4.69, 9.17) is 9.47 Å². The third kappa shape index (κ3) is 6.31. The molecule has 0 N–H and O–H groups in total. The number of hydrogen-bond donors (Lipinski definition) is 0. The highest BCUT2D eigenvalue weighted by Crippen LogP contribution is 2.37. The van der Waals surface area contributed by atoms with Crippen molar-refractivity contribution in [2.24, 2.45) is 5.92 Å². The Kier molecular flexibility index (Phi) is 9.82. The van der Waals surface area contributed by atoms with Crippen molar-refractivity contribution in [2.45, 2.75) is 58.8 Å². The summed E-state index contributed by atoms with van der Waals surface area (Å²) in [7, 11) is 0. The van der Waals surface area contributed by atoms with Crippen LogP contribution in [0.5, 0.6) is 11.5 Å². The Morgan fingerprint density at radius 3 is 1.93 bits per heavy atom. The largest absolute Gasteiger partial charge is 0.491 e. The van der Waals surface area contributed by atoms with E-state index in [0.29, 0.717) is 37.9 Å². The van der Waals surface area contributed by atoms with Crippen LogP contribution in [0.25, 0.3) is 16.7 Å². The first kappa shape index (κ1) is 29.6. The fourth-order valence-corrected chi connectivity index (χ4v) is 4.97. The number of allylic oxidation sites excluding steroid dienone is 2. The highest BCUT2D eigenvalue weighted by molar-refractivity contribution is 5.68. The van der Waals surface area contributed by atoms with Crippen molar-refractivity contribution in [1.82, 2.24) is 0 Å². The predicted octanol–water partition coefficient (Wildman–Crippen LogP) is 9.58. The molecule has 1 aliphatic carbocycles. The first-order valence-corrected chi connectivity index (χ1v) is 13.6. The fraction of sp³-hybridized carbons (Fsp3) is 0.375. The van der Waals surface area contributed by atoms with Gasteiger partial charge >= 0.3 is 0 Å². The molecule has 0 bridgehead atoms. The molecule has 214 valence electrons. The quantitative estimate of drug-likeness (QED) is 0.171. The molecule has 3 aromatic carbocycles.